The first kappa shape index (κ1) is 12.2. The molecule has 0 aliphatic carbocycles. The molecule has 1 N–H and O–H groups in total. The SMILES string of the molecule is CCNC(=O)OC(C)C[N+](C)(C)C. The minimum atomic E-state index is -0.330. The predicted octanol–water partition coefficient (Wildman–Crippen LogP) is 0.827. The number of likely N-dealkylation sites (N-methyl/N-ethyl adjacent to an activating group) is 1. The maximum atomic E-state index is 11.0. The average Bonchev–Trinajstić information content (AvgIpc) is 1.81. The molecule has 0 aliphatic heterocycles. The number of carbonyl (C=O) groups excluding carboxylic acids is 1. The second kappa shape index (κ2) is 5.07. The van der Waals surface area contributed by atoms with Crippen molar-refractivity contribution in [3.8, 4) is 0 Å². The van der Waals surface area contributed by atoms with Gasteiger partial charge in [0.05, 0.1) is 21.1 Å². The Bertz CT molecular complexity index is 163. The van der Waals surface area contributed by atoms with Gasteiger partial charge in [-0.1, -0.05) is 0 Å². The number of amides is 1. The highest BCUT2D eigenvalue weighted by Crippen LogP contribution is 1.98. The highest BCUT2D eigenvalue weighted by atomic mass is 16.6. The van der Waals surface area contributed by atoms with Crippen molar-refractivity contribution in [3.63, 3.8) is 0 Å². The maximum absolute atomic E-state index is 11.0. The first-order valence-corrected chi connectivity index (χ1v) is 4.60. The zero-order chi connectivity index (χ0) is 10.5. The van der Waals surface area contributed by atoms with Gasteiger partial charge in [-0.15, -0.1) is 0 Å². The van der Waals surface area contributed by atoms with Crippen molar-refractivity contribution in [3.05, 3.63) is 0 Å². The van der Waals surface area contributed by atoms with E-state index in [1.54, 1.807) is 0 Å². The van der Waals surface area contributed by atoms with Crippen LogP contribution in [0.25, 0.3) is 0 Å². The van der Waals surface area contributed by atoms with Crippen LogP contribution in [0.5, 0.6) is 0 Å². The van der Waals surface area contributed by atoms with Crippen molar-refractivity contribution >= 4 is 6.09 Å². The van der Waals surface area contributed by atoms with Crippen LogP contribution >= 0.6 is 0 Å². The second-order valence-corrected chi connectivity index (χ2v) is 4.22. The van der Waals surface area contributed by atoms with Gasteiger partial charge < -0.3 is 14.5 Å². The topological polar surface area (TPSA) is 38.3 Å². The fraction of sp³-hybridized carbons (Fsp3) is 0.889. The lowest BCUT2D eigenvalue weighted by Gasteiger charge is -2.27. The third-order valence-corrected chi connectivity index (χ3v) is 1.43. The average molecular weight is 189 g/mol. The van der Waals surface area contributed by atoms with E-state index in [2.05, 4.69) is 26.5 Å². The molecule has 0 saturated heterocycles. The van der Waals surface area contributed by atoms with Crippen LogP contribution in [0.3, 0.4) is 0 Å². The third-order valence-electron chi connectivity index (χ3n) is 1.43. The molecule has 1 amide bonds. The van der Waals surface area contributed by atoms with E-state index >= 15 is 0 Å². The van der Waals surface area contributed by atoms with Gasteiger partial charge in [0.1, 0.15) is 12.6 Å². The Morgan fingerprint density at radius 2 is 2.00 bits per heavy atom. The van der Waals surface area contributed by atoms with E-state index in [1.807, 2.05) is 13.8 Å². The normalized spacial score (nSPS) is 13.6. The number of ether oxygens (including phenoxy) is 1. The molecule has 1 atom stereocenters. The Labute approximate surface area is 80.5 Å². The van der Waals surface area contributed by atoms with Gasteiger partial charge in [0.2, 0.25) is 0 Å². The van der Waals surface area contributed by atoms with Gasteiger partial charge in [-0.25, -0.2) is 4.79 Å². The first-order valence-electron chi connectivity index (χ1n) is 4.60. The number of nitrogens with one attached hydrogen (secondary N) is 1. The lowest BCUT2D eigenvalue weighted by molar-refractivity contribution is -0.873. The highest BCUT2D eigenvalue weighted by molar-refractivity contribution is 5.67. The summed E-state index contributed by atoms with van der Waals surface area (Å²) < 4.78 is 5.89. The van der Waals surface area contributed by atoms with Crippen molar-refractivity contribution < 1.29 is 14.0 Å². The Morgan fingerprint density at radius 3 is 2.38 bits per heavy atom. The summed E-state index contributed by atoms with van der Waals surface area (Å²) in [7, 11) is 6.20. The monoisotopic (exact) mass is 189 g/mol. The summed E-state index contributed by atoms with van der Waals surface area (Å²) >= 11 is 0. The van der Waals surface area contributed by atoms with Crippen LogP contribution in [0.15, 0.2) is 0 Å². The molecule has 0 aromatic carbocycles. The molecule has 13 heavy (non-hydrogen) atoms. The van der Waals surface area contributed by atoms with E-state index in [4.69, 9.17) is 4.74 Å². The van der Waals surface area contributed by atoms with Gasteiger partial charge in [-0.05, 0) is 13.8 Å². The quantitative estimate of drug-likeness (QED) is 0.665. The summed E-state index contributed by atoms with van der Waals surface area (Å²) in [5.41, 5.74) is 0. The van der Waals surface area contributed by atoms with Crippen molar-refractivity contribution in [2.45, 2.75) is 20.0 Å². The largest absolute Gasteiger partial charge is 0.441 e. The molecule has 0 aromatic rings. The summed E-state index contributed by atoms with van der Waals surface area (Å²) in [6.45, 7) is 5.19. The van der Waals surface area contributed by atoms with E-state index in [0.29, 0.717) is 6.54 Å². The van der Waals surface area contributed by atoms with Gasteiger partial charge in [0.15, 0.2) is 0 Å². The molecule has 0 spiro atoms. The zero-order valence-corrected chi connectivity index (χ0v) is 9.26. The summed E-state index contributed by atoms with van der Waals surface area (Å²) in [5, 5.41) is 2.59. The van der Waals surface area contributed by atoms with E-state index < -0.39 is 0 Å². The van der Waals surface area contributed by atoms with Gasteiger partial charge in [0, 0.05) is 6.54 Å². The highest BCUT2D eigenvalue weighted by Gasteiger charge is 2.16. The van der Waals surface area contributed by atoms with E-state index in [1.165, 1.54) is 0 Å². The van der Waals surface area contributed by atoms with Crippen molar-refractivity contribution in [1.29, 1.82) is 0 Å². The molecule has 0 fully saturated rings. The van der Waals surface area contributed by atoms with Crippen LogP contribution in [0.4, 0.5) is 4.79 Å². The molecule has 4 nitrogen and oxygen atoms in total. The molecule has 0 heterocycles. The molecule has 0 rings (SSSR count). The smallest absolute Gasteiger partial charge is 0.407 e. The first-order chi connectivity index (χ1) is 5.85. The third kappa shape index (κ3) is 7.59. The molecule has 0 saturated carbocycles. The standard InChI is InChI=1S/C9H20N2O2/c1-6-10-9(12)13-8(2)7-11(3,4)5/h8H,6-7H2,1-5H3/p+1. The van der Waals surface area contributed by atoms with Crippen molar-refractivity contribution in [2.24, 2.45) is 0 Å². The molecule has 0 aromatic heterocycles. The molecule has 0 aliphatic rings. The molecule has 0 bridgehead atoms. The molecule has 78 valence electrons. The van der Waals surface area contributed by atoms with Crippen LogP contribution in [-0.2, 0) is 4.74 Å². The Kier molecular flexibility index (Phi) is 4.77. The maximum Gasteiger partial charge on any atom is 0.407 e. The van der Waals surface area contributed by atoms with Gasteiger partial charge in [-0.3, -0.25) is 0 Å². The zero-order valence-electron chi connectivity index (χ0n) is 9.26. The second-order valence-electron chi connectivity index (χ2n) is 4.22. The summed E-state index contributed by atoms with van der Waals surface area (Å²) in [6.07, 6.45) is -0.380. The number of rotatable bonds is 4. The van der Waals surface area contributed by atoms with Gasteiger partial charge in [0.25, 0.3) is 0 Å². The number of alkyl carbamates (subject to hydrolysis) is 1. The minimum Gasteiger partial charge on any atom is -0.441 e. The molecular weight excluding hydrogens is 168 g/mol. The minimum absolute atomic E-state index is 0.0495. The van der Waals surface area contributed by atoms with Crippen molar-refractivity contribution in [1.82, 2.24) is 5.32 Å². The number of carbonyl (C=O) groups is 1. The lowest BCUT2D eigenvalue weighted by Crippen LogP contribution is -2.43. The Hall–Kier alpha value is -0.770. The van der Waals surface area contributed by atoms with Gasteiger partial charge >= 0.3 is 6.09 Å². The Balaban J connectivity index is 3.74. The van der Waals surface area contributed by atoms with Crippen LogP contribution in [-0.4, -0.2) is 50.9 Å². The number of hydrogen-bond donors (Lipinski definition) is 1. The fourth-order valence-corrected chi connectivity index (χ4v) is 1.18. The number of hydrogen-bond acceptors (Lipinski definition) is 2. The molecule has 0 radical (unpaired) electrons. The summed E-state index contributed by atoms with van der Waals surface area (Å²) in [6, 6.07) is 0. The van der Waals surface area contributed by atoms with Crippen LogP contribution < -0.4 is 5.32 Å². The van der Waals surface area contributed by atoms with Crippen LogP contribution in [0.2, 0.25) is 0 Å². The van der Waals surface area contributed by atoms with Gasteiger partial charge in [-0.2, -0.15) is 0 Å². The lowest BCUT2D eigenvalue weighted by atomic mass is 10.3. The van der Waals surface area contributed by atoms with Crippen LogP contribution in [0.1, 0.15) is 13.8 Å². The predicted molar refractivity (Wildman–Crippen MR) is 52.5 cm³/mol. The van der Waals surface area contributed by atoms with E-state index in [-0.39, 0.29) is 12.2 Å². The molecule has 1 unspecified atom stereocenters. The number of quaternary nitrogens is 1. The van der Waals surface area contributed by atoms with Crippen LogP contribution in [0, 0.1) is 0 Å². The summed E-state index contributed by atoms with van der Waals surface area (Å²) in [4.78, 5) is 11.0. The fourth-order valence-electron chi connectivity index (χ4n) is 1.18. The number of nitrogens with zero attached hydrogens (tertiary/aromatic N) is 1. The van der Waals surface area contributed by atoms with Crippen molar-refractivity contribution in [2.75, 3.05) is 34.2 Å². The van der Waals surface area contributed by atoms with E-state index in [9.17, 15) is 4.79 Å². The molecular formula is C9H21N2O2+. The summed E-state index contributed by atoms with van der Waals surface area (Å²) in [5.74, 6) is 0. The molecule has 4 heteroatoms. The van der Waals surface area contributed by atoms with E-state index in [0.717, 1.165) is 11.0 Å². The Morgan fingerprint density at radius 1 is 1.46 bits per heavy atom.